The molecule has 2 aromatic heterocycles. The Morgan fingerprint density at radius 1 is 1.06 bits per heavy atom. The van der Waals surface area contributed by atoms with Crippen LogP contribution in [0.15, 0.2) is 47.4 Å². The fourth-order valence-corrected chi connectivity index (χ4v) is 3.86. The molecule has 0 aliphatic carbocycles. The number of benzene rings is 1. The van der Waals surface area contributed by atoms with Gasteiger partial charge in [-0.25, -0.2) is 4.98 Å². The van der Waals surface area contributed by atoms with E-state index in [1.807, 2.05) is 36.4 Å². The highest BCUT2D eigenvalue weighted by atomic mass is 16.5. The van der Waals surface area contributed by atoms with E-state index in [4.69, 9.17) is 19.2 Å². The molecule has 0 radical (unpaired) electrons. The first-order valence-electron chi connectivity index (χ1n) is 10.7. The Bertz CT molecular complexity index is 1100. The van der Waals surface area contributed by atoms with Gasteiger partial charge in [-0.1, -0.05) is 12.1 Å². The summed E-state index contributed by atoms with van der Waals surface area (Å²) >= 11 is 0. The van der Waals surface area contributed by atoms with Crippen molar-refractivity contribution >= 4 is 0 Å². The van der Waals surface area contributed by atoms with Crippen LogP contribution in [-0.4, -0.2) is 60.4 Å². The molecule has 0 amide bonds. The Labute approximate surface area is 187 Å². The van der Waals surface area contributed by atoms with Crippen LogP contribution in [0.25, 0.3) is 11.5 Å². The molecule has 0 spiro atoms. The van der Waals surface area contributed by atoms with Crippen molar-refractivity contribution in [2.45, 2.75) is 19.4 Å². The summed E-state index contributed by atoms with van der Waals surface area (Å²) in [5.74, 6) is 1.93. The molecule has 0 atom stereocenters. The molecule has 0 fully saturated rings. The molecular weight excluding hydrogens is 408 g/mol. The van der Waals surface area contributed by atoms with Crippen molar-refractivity contribution in [3.05, 3.63) is 69.8 Å². The maximum atomic E-state index is 12.7. The van der Waals surface area contributed by atoms with E-state index in [1.165, 1.54) is 0 Å². The number of aromatic nitrogens is 3. The molecule has 1 N–H and O–H groups in total. The molecule has 0 unspecified atom stereocenters. The third kappa shape index (κ3) is 5.15. The van der Waals surface area contributed by atoms with Gasteiger partial charge in [0, 0.05) is 44.9 Å². The van der Waals surface area contributed by atoms with E-state index in [0.717, 1.165) is 36.5 Å². The Balaban J connectivity index is 1.48. The lowest BCUT2D eigenvalue weighted by Crippen LogP contribution is -2.26. The molecule has 8 heteroatoms. The number of H-pyrrole nitrogens is 1. The van der Waals surface area contributed by atoms with Gasteiger partial charge < -0.3 is 19.2 Å². The fourth-order valence-electron chi connectivity index (χ4n) is 3.86. The predicted molar refractivity (Wildman–Crippen MR) is 121 cm³/mol. The number of nitrogens with one attached hydrogen (secondary N) is 1. The van der Waals surface area contributed by atoms with E-state index in [0.29, 0.717) is 49.1 Å². The maximum Gasteiger partial charge on any atom is 0.254 e. The summed E-state index contributed by atoms with van der Waals surface area (Å²) in [5.41, 5.74) is 3.35. The van der Waals surface area contributed by atoms with E-state index in [-0.39, 0.29) is 5.56 Å². The van der Waals surface area contributed by atoms with Gasteiger partial charge >= 0.3 is 0 Å². The molecule has 3 aromatic rings. The number of pyridine rings is 1. The molecule has 4 rings (SSSR count). The number of ether oxygens (including phenoxy) is 3. The van der Waals surface area contributed by atoms with E-state index >= 15 is 0 Å². The average Bonchev–Trinajstić information content (AvgIpc) is 3.03. The monoisotopic (exact) mass is 436 g/mol. The lowest BCUT2D eigenvalue weighted by molar-refractivity contribution is 0.144. The largest absolute Gasteiger partial charge is 0.493 e. The summed E-state index contributed by atoms with van der Waals surface area (Å²) in [6.07, 6.45) is 3.07. The van der Waals surface area contributed by atoms with E-state index in [1.54, 1.807) is 20.4 Å². The second-order valence-electron chi connectivity index (χ2n) is 7.66. The fraction of sp³-hybridized carbons (Fsp3) is 0.375. The quantitative estimate of drug-likeness (QED) is 0.543. The average molecular weight is 437 g/mol. The molecule has 32 heavy (non-hydrogen) atoms. The minimum Gasteiger partial charge on any atom is -0.493 e. The SMILES string of the molecule is COCCOc1cc(CN2CCc3nc(-c4ccccn4)[nH]c(=O)c3CC2)ccc1OC. The lowest BCUT2D eigenvalue weighted by atomic mass is 10.1. The number of aromatic amines is 1. The predicted octanol–water partition coefficient (Wildman–Crippen LogP) is 2.47. The van der Waals surface area contributed by atoms with Crippen LogP contribution in [0.1, 0.15) is 16.8 Å². The molecule has 8 nitrogen and oxygen atoms in total. The molecule has 0 saturated carbocycles. The summed E-state index contributed by atoms with van der Waals surface area (Å²) in [5, 5.41) is 0. The summed E-state index contributed by atoms with van der Waals surface area (Å²) in [6, 6.07) is 11.6. The maximum absolute atomic E-state index is 12.7. The smallest absolute Gasteiger partial charge is 0.254 e. The number of methoxy groups -OCH3 is 2. The highest BCUT2D eigenvalue weighted by Gasteiger charge is 2.20. The van der Waals surface area contributed by atoms with Crippen molar-refractivity contribution in [3.63, 3.8) is 0 Å². The van der Waals surface area contributed by atoms with E-state index in [9.17, 15) is 4.79 Å². The number of fused-ring (bicyclic) bond motifs is 1. The third-order valence-electron chi connectivity index (χ3n) is 5.53. The van der Waals surface area contributed by atoms with Crippen molar-refractivity contribution in [3.8, 4) is 23.0 Å². The Kier molecular flexibility index (Phi) is 7.14. The molecule has 0 saturated heterocycles. The Morgan fingerprint density at radius 3 is 2.72 bits per heavy atom. The zero-order valence-corrected chi connectivity index (χ0v) is 18.5. The van der Waals surface area contributed by atoms with Crippen molar-refractivity contribution in [1.82, 2.24) is 19.9 Å². The molecule has 168 valence electrons. The van der Waals surface area contributed by atoms with Crippen LogP contribution < -0.4 is 15.0 Å². The lowest BCUT2D eigenvalue weighted by Gasteiger charge is -2.20. The standard InChI is InChI=1S/C24H28N4O4/c1-30-13-14-32-22-15-17(6-7-21(22)31-2)16-28-11-8-18-19(9-12-28)26-23(27-24(18)29)20-5-3-4-10-25-20/h3-7,10,15H,8-9,11-14,16H2,1-2H3,(H,26,27,29). The zero-order chi connectivity index (χ0) is 22.3. The Morgan fingerprint density at radius 2 is 1.94 bits per heavy atom. The molecule has 3 heterocycles. The van der Waals surface area contributed by atoms with Gasteiger partial charge in [-0.15, -0.1) is 0 Å². The van der Waals surface area contributed by atoms with Gasteiger partial charge in [0.05, 0.1) is 19.4 Å². The topological polar surface area (TPSA) is 89.6 Å². The van der Waals surface area contributed by atoms with Crippen LogP contribution >= 0.6 is 0 Å². The number of rotatable bonds is 8. The van der Waals surface area contributed by atoms with Crippen molar-refractivity contribution in [2.24, 2.45) is 0 Å². The van der Waals surface area contributed by atoms with Crippen LogP contribution in [0.4, 0.5) is 0 Å². The first-order valence-corrected chi connectivity index (χ1v) is 10.7. The summed E-state index contributed by atoms with van der Waals surface area (Å²) in [6.45, 7) is 3.33. The summed E-state index contributed by atoms with van der Waals surface area (Å²) in [4.78, 5) is 27.0. The van der Waals surface area contributed by atoms with Crippen molar-refractivity contribution in [2.75, 3.05) is 40.5 Å². The molecular formula is C24H28N4O4. The van der Waals surface area contributed by atoms with Crippen LogP contribution in [0.5, 0.6) is 11.5 Å². The van der Waals surface area contributed by atoms with Crippen LogP contribution in [0.3, 0.4) is 0 Å². The number of hydrogen-bond donors (Lipinski definition) is 1. The highest BCUT2D eigenvalue weighted by Crippen LogP contribution is 2.29. The van der Waals surface area contributed by atoms with Gasteiger partial charge in [-0.3, -0.25) is 14.7 Å². The second-order valence-corrected chi connectivity index (χ2v) is 7.66. The molecule has 1 aliphatic rings. The second kappa shape index (κ2) is 10.4. The van der Waals surface area contributed by atoms with E-state index < -0.39 is 0 Å². The summed E-state index contributed by atoms with van der Waals surface area (Å²) < 4.78 is 16.3. The molecule has 1 aliphatic heterocycles. The Hall–Kier alpha value is -3.23. The van der Waals surface area contributed by atoms with Crippen molar-refractivity contribution < 1.29 is 14.2 Å². The number of hydrogen-bond acceptors (Lipinski definition) is 7. The van der Waals surface area contributed by atoms with Gasteiger partial charge in [-0.2, -0.15) is 0 Å². The molecule has 1 aromatic carbocycles. The van der Waals surface area contributed by atoms with Crippen LogP contribution in [-0.2, 0) is 24.1 Å². The van der Waals surface area contributed by atoms with Crippen LogP contribution in [0.2, 0.25) is 0 Å². The van der Waals surface area contributed by atoms with Gasteiger partial charge in [0.1, 0.15) is 12.3 Å². The zero-order valence-electron chi connectivity index (χ0n) is 18.5. The minimum absolute atomic E-state index is 0.0734. The van der Waals surface area contributed by atoms with Crippen molar-refractivity contribution in [1.29, 1.82) is 0 Å². The van der Waals surface area contributed by atoms with Gasteiger partial charge in [0.25, 0.3) is 5.56 Å². The normalized spacial score (nSPS) is 13.9. The van der Waals surface area contributed by atoms with E-state index in [2.05, 4.69) is 14.9 Å². The highest BCUT2D eigenvalue weighted by molar-refractivity contribution is 5.49. The number of nitrogens with zero attached hydrogens (tertiary/aromatic N) is 3. The molecule has 0 bridgehead atoms. The third-order valence-corrected chi connectivity index (χ3v) is 5.53. The van der Waals surface area contributed by atoms with Gasteiger partial charge in [-0.05, 0) is 36.2 Å². The minimum atomic E-state index is -0.0734. The van der Waals surface area contributed by atoms with Gasteiger partial charge in [0.15, 0.2) is 17.3 Å². The first kappa shape index (κ1) is 22.0. The first-order chi connectivity index (χ1) is 15.7. The van der Waals surface area contributed by atoms with Gasteiger partial charge in [0.2, 0.25) is 0 Å². The van der Waals surface area contributed by atoms with Crippen LogP contribution in [0, 0.1) is 0 Å². The summed E-state index contributed by atoms with van der Waals surface area (Å²) in [7, 11) is 3.28.